The van der Waals surface area contributed by atoms with E-state index in [9.17, 15) is 13.2 Å². The topological polar surface area (TPSA) is 52.6 Å². The monoisotopic (exact) mass is 438 g/mol. The van der Waals surface area contributed by atoms with E-state index in [1.807, 2.05) is 12.1 Å². The smallest absolute Gasteiger partial charge is 0.416 e. The fourth-order valence-corrected chi connectivity index (χ4v) is 3.88. The molecule has 1 aromatic heterocycles. The molecule has 160 valence electrons. The Morgan fingerprint density at radius 3 is 2.23 bits per heavy atom. The third-order valence-corrected chi connectivity index (χ3v) is 5.46. The summed E-state index contributed by atoms with van der Waals surface area (Å²) in [5, 5.41) is 3.79. The van der Waals surface area contributed by atoms with E-state index in [2.05, 4.69) is 10.3 Å². The summed E-state index contributed by atoms with van der Waals surface area (Å²) in [6.07, 6.45) is -2.66. The van der Waals surface area contributed by atoms with Crippen LogP contribution in [0, 0.1) is 0 Å². The van der Waals surface area contributed by atoms with Gasteiger partial charge in [0.05, 0.1) is 31.8 Å². The Kier molecular flexibility index (Phi) is 6.84. The summed E-state index contributed by atoms with van der Waals surface area (Å²) in [5.41, 5.74) is 0.414. The van der Waals surface area contributed by atoms with Crippen LogP contribution in [0.25, 0.3) is 10.4 Å². The molecule has 1 N–H and O–H groups in total. The standard InChI is InChI=1S/C21H21F3N2O3S/c1-27-16-8-14(9-17(28-2)20(16)29-3)18-11-26-19(30-18)12-25-10-13-6-4-5-7-15(13)21(22,23)24/h4-9,11,25H,10,12H2,1-3H3. The first-order chi connectivity index (χ1) is 14.4. The highest BCUT2D eigenvalue weighted by Gasteiger charge is 2.32. The summed E-state index contributed by atoms with van der Waals surface area (Å²) in [5.74, 6) is 1.56. The highest BCUT2D eigenvalue weighted by atomic mass is 32.1. The predicted molar refractivity (Wildman–Crippen MR) is 109 cm³/mol. The van der Waals surface area contributed by atoms with Crippen molar-refractivity contribution in [3.8, 4) is 27.7 Å². The molecule has 0 fully saturated rings. The van der Waals surface area contributed by atoms with Crippen molar-refractivity contribution in [2.45, 2.75) is 19.3 Å². The Morgan fingerprint density at radius 2 is 1.63 bits per heavy atom. The second kappa shape index (κ2) is 9.36. The average molecular weight is 438 g/mol. The van der Waals surface area contributed by atoms with Crippen LogP contribution in [-0.4, -0.2) is 26.3 Å². The van der Waals surface area contributed by atoms with Crippen LogP contribution in [-0.2, 0) is 19.3 Å². The van der Waals surface area contributed by atoms with Gasteiger partial charge in [0.1, 0.15) is 5.01 Å². The maximum atomic E-state index is 13.1. The van der Waals surface area contributed by atoms with Gasteiger partial charge in [-0.05, 0) is 23.8 Å². The maximum absolute atomic E-state index is 13.1. The number of thiazole rings is 1. The Labute approximate surface area is 176 Å². The molecular weight excluding hydrogens is 417 g/mol. The van der Waals surface area contributed by atoms with E-state index in [-0.39, 0.29) is 12.1 Å². The molecule has 0 amide bonds. The van der Waals surface area contributed by atoms with E-state index in [0.29, 0.717) is 23.8 Å². The fraction of sp³-hybridized carbons (Fsp3) is 0.286. The molecule has 30 heavy (non-hydrogen) atoms. The van der Waals surface area contributed by atoms with Crippen molar-refractivity contribution in [2.24, 2.45) is 0 Å². The van der Waals surface area contributed by atoms with Gasteiger partial charge in [-0.25, -0.2) is 4.98 Å². The summed E-state index contributed by atoms with van der Waals surface area (Å²) in [4.78, 5) is 5.25. The van der Waals surface area contributed by atoms with Gasteiger partial charge in [0.2, 0.25) is 5.75 Å². The summed E-state index contributed by atoms with van der Waals surface area (Å²) in [6.45, 7) is 0.441. The number of hydrogen-bond acceptors (Lipinski definition) is 6. The lowest BCUT2D eigenvalue weighted by Crippen LogP contribution is -2.17. The number of aromatic nitrogens is 1. The summed E-state index contributed by atoms with van der Waals surface area (Å²) in [7, 11) is 4.62. The van der Waals surface area contributed by atoms with Crippen LogP contribution in [0.3, 0.4) is 0 Å². The van der Waals surface area contributed by atoms with Gasteiger partial charge in [-0.2, -0.15) is 13.2 Å². The number of hydrogen-bond donors (Lipinski definition) is 1. The van der Waals surface area contributed by atoms with Crippen molar-refractivity contribution < 1.29 is 27.4 Å². The van der Waals surface area contributed by atoms with Crippen LogP contribution in [0.1, 0.15) is 16.1 Å². The van der Waals surface area contributed by atoms with E-state index >= 15 is 0 Å². The molecule has 0 aliphatic carbocycles. The van der Waals surface area contributed by atoms with Crippen LogP contribution in [0.4, 0.5) is 13.2 Å². The Bertz CT molecular complexity index is 980. The molecule has 3 aromatic rings. The maximum Gasteiger partial charge on any atom is 0.416 e. The van der Waals surface area contributed by atoms with E-state index in [0.717, 1.165) is 21.5 Å². The molecule has 0 aliphatic rings. The van der Waals surface area contributed by atoms with Gasteiger partial charge in [0.15, 0.2) is 11.5 Å². The number of nitrogens with zero attached hydrogens (tertiary/aromatic N) is 1. The minimum Gasteiger partial charge on any atom is -0.493 e. The van der Waals surface area contributed by atoms with Gasteiger partial charge in [-0.15, -0.1) is 11.3 Å². The normalized spacial score (nSPS) is 11.4. The van der Waals surface area contributed by atoms with Gasteiger partial charge >= 0.3 is 6.18 Å². The third-order valence-electron chi connectivity index (χ3n) is 4.42. The van der Waals surface area contributed by atoms with Crippen molar-refractivity contribution in [3.63, 3.8) is 0 Å². The minimum absolute atomic E-state index is 0.0920. The number of halogens is 3. The van der Waals surface area contributed by atoms with Crippen molar-refractivity contribution in [2.75, 3.05) is 21.3 Å². The number of benzene rings is 2. The summed E-state index contributed by atoms with van der Waals surface area (Å²) in [6, 6.07) is 9.19. The zero-order valence-corrected chi connectivity index (χ0v) is 17.5. The Hall–Kier alpha value is -2.78. The Morgan fingerprint density at radius 1 is 0.967 bits per heavy atom. The zero-order chi connectivity index (χ0) is 21.7. The van der Waals surface area contributed by atoms with Crippen LogP contribution in [0.5, 0.6) is 17.2 Å². The van der Waals surface area contributed by atoms with E-state index in [1.54, 1.807) is 26.5 Å². The highest BCUT2D eigenvalue weighted by molar-refractivity contribution is 7.15. The lowest BCUT2D eigenvalue weighted by Gasteiger charge is -2.13. The first-order valence-electron chi connectivity index (χ1n) is 8.98. The second-order valence-electron chi connectivity index (χ2n) is 6.29. The van der Waals surface area contributed by atoms with Crippen LogP contribution >= 0.6 is 11.3 Å². The van der Waals surface area contributed by atoms with Crippen LogP contribution in [0.15, 0.2) is 42.6 Å². The van der Waals surface area contributed by atoms with Crippen LogP contribution < -0.4 is 19.5 Å². The number of alkyl halides is 3. The third kappa shape index (κ3) is 4.85. The summed E-state index contributed by atoms with van der Waals surface area (Å²) >= 11 is 1.43. The molecule has 1 heterocycles. The first-order valence-corrected chi connectivity index (χ1v) is 9.80. The molecule has 0 aliphatic heterocycles. The quantitative estimate of drug-likeness (QED) is 0.528. The highest BCUT2D eigenvalue weighted by Crippen LogP contribution is 2.42. The van der Waals surface area contributed by atoms with E-state index < -0.39 is 11.7 Å². The molecule has 9 heteroatoms. The summed E-state index contributed by atoms with van der Waals surface area (Å²) < 4.78 is 55.4. The molecule has 0 unspecified atom stereocenters. The van der Waals surface area contributed by atoms with Gasteiger partial charge in [-0.1, -0.05) is 18.2 Å². The first kappa shape index (κ1) is 21.9. The van der Waals surface area contributed by atoms with Crippen molar-refractivity contribution >= 4 is 11.3 Å². The minimum atomic E-state index is -4.38. The van der Waals surface area contributed by atoms with E-state index in [1.165, 1.54) is 30.6 Å². The molecule has 0 atom stereocenters. The van der Waals surface area contributed by atoms with Crippen molar-refractivity contribution in [3.05, 3.63) is 58.7 Å². The fourth-order valence-electron chi connectivity index (χ4n) is 3.00. The van der Waals surface area contributed by atoms with Crippen molar-refractivity contribution in [1.29, 1.82) is 0 Å². The molecule has 0 saturated heterocycles. The average Bonchev–Trinajstić information content (AvgIpc) is 3.21. The zero-order valence-electron chi connectivity index (χ0n) is 16.7. The molecule has 2 aromatic carbocycles. The van der Waals surface area contributed by atoms with E-state index in [4.69, 9.17) is 14.2 Å². The number of rotatable bonds is 8. The SMILES string of the molecule is COc1cc(-c2cnc(CNCc3ccccc3C(F)(F)F)s2)cc(OC)c1OC. The van der Waals surface area contributed by atoms with Gasteiger partial charge < -0.3 is 19.5 Å². The molecule has 0 radical (unpaired) electrons. The van der Waals surface area contributed by atoms with Crippen molar-refractivity contribution in [1.82, 2.24) is 10.3 Å². The molecule has 5 nitrogen and oxygen atoms in total. The van der Waals surface area contributed by atoms with Gasteiger partial charge in [0, 0.05) is 24.8 Å². The Balaban J connectivity index is 1.73. The number of ether oxygens (including phenoxy) is 3. The predicted octanol–water partition coefficient (Wildman–Crippen LogP) is 5.14. The van der Waals surface area contributed by atoms with Crippen LogP contribution in [0.2, 0.25) is 0 Å². The number of nitrogens with one attached hydrogen (secondary N) is 1. The molecular formula is C21H21F3N2O3S. The second-order valence-corrected chi connectivity index (χ2v) is 7.41. The largest absolute Gasteiger partial charge is 0.493 e. The lowest BCUT2D eigenvalue weighted by atomic mass is 10.1. The number of methoxy groups -OCH3 is 3. The van der Waals surface area contributed by atoms with Gasteiger partial charge in [0.25, 0.3) is 0 Å². The molecule has 0 spiro atoms. The molecule has 3 rings (SSSR count). The van der Waals surface area contributed by atoms with Gasteiger partial charge in [-0.3, -0.25) is 0 Å². The molecule has 0 saturated carbocycles. The lowest BCUT2D eigenvalue weighted by molar-refractivity contribution is -0.138. The molecule has 0 bridgehead atoms.